The van der Waals surface area contributed by atoms with Crippen LogP contribution in [0.1, 0.15) is 22.1 Å². The largest absolute Gasteiger partial charge is 0.361 e. The number of hydrogen-bond donors (Lipinski definition) is 1. The summed E-state index contributed by atoms with van der Waals surface area (Å²) in [7, 11) is 1.67. The van der Waals surface area contributed by atoms with E-state index >= 15 is 0 Å². The molecule has 1 N–H and O–H groups in total. The van der Waals surface area contributed by atoms with E-state index in [1.165, 1.54) is 11.0 Å². The van der Waals surface area contributed by atoms with Crippen LogP contribution in [0.2, 0.25) is 0 Å². The summed E-state index contributed by atoms with van der Waals surface area (Å²) in [6.07, 6.45) is -0.483. The third-order valence-corrected chi connectivity index (χ3v) is 3.36. The highest BCUT2D eigenvalue weighted by Crippen LogP contribution is 2.32. The van der Waals surface area contributed by atoms with Crippen molar-refractivity contribution in [3.8, 4) is 0 Å². The van der Waals surface area contributed by atoms with Crippen LogP contribution in [0.4, 0.5) is 10.1 Å². The fourth-order valence-electron chi connectivity index (χ4n) is 2.33. The SMILES string of the molecule is CN1C(=O)c2ccccc2NC1c1ccccc1F. The summed E-state index contributed by atoms with van der Waals surface area (Å²) in [5.74, 6) is -0.429. The number of hydrogen-bond acceptors (Lipinski definition) is 2. The molecule has 0 radical (unpaired) electrons. The zero-order valence-corrected chi connectivity index (χ0v) is 10.4. The Bertz CT molecular complexity index is 642. The maximum atomic E-state index is 13.9. The molecule has 0 bridgehead atoms. The summed E-state index contributed by atoms with van der Waals surface area (Å²) < 4.78 is 13.9. The van der Waals surface area contributed by atoms with Gasteiger partial charge in [0.2, 0.25) is 0 Å². The molecule has 1 heterocycles. The topological polar surface area (TPSA) is 32.3 Å². The number of rotatable bonds is 1. The van der Waals surface area contributed by atoms with E-state index in [4.69, 9.17) is 0 Å². The van der Waals surface area contributed by atoms with E-state index in [1.807, 2.05) is 18.2 Å². The van der Waals surface area contributed by atoms with E-state index in [0.29, 0.717) is 11.1 Å². The number of halogens is 1. The van der Waals surface area contributed by atoms with Crippen LogP contribution in [0.25, 0.3) is 0 Å². The van der Waals surface area contributed by atoms with Gasteiger partial charge in [0.15, 0.2) is 0 Å². The van der Waals surface area contributed by atoms with Crippen LogP contribution in [0.5, 0.6) is 0 Å². The summed E-state index contributed by atoms with van der Waals surface area (Å²) in [5, 5.41) is 3.20. The quantitative estimate of drug-likeness (QED) is 0.850. The lowest BCUT2D eigenvalue weighted by atomic mass is 10.0. The molecular weight excluding hydrogens is 243 g/mol. The molecule has 1 amide bonds. The van der Waals surface area contributed by atoms with E-state index in [2.05, 4.69) is 5.32 Å². The molecule has 1 aliphatic rings. The number of benzene rings is 2. The number of nitrogens with one attached hydrogen (secondary N) is 1. The number of carbonyl (C=O) groups excluding carboxylic acids is 1. The molecule has 1 aliphatic heterocycles. The predicted octanol–water partition coefficient (Wildman–Crippen LogP) is 3.02. The lowest BCUT2D eigenvalue weighted by Crippen LogP contribution is -2.40. The number of para-hydroxylation sites is 1. The predicted molar refractivity (Wildman–Crippen MR) is 71.3 cm³/mol. The first-order valence-electron chi connectivity index (χ1n) is 6.05. The van der Waals surface area contributed by atoms with Gasteiger partial charge in [0.05, 0.1) is 5.56 Å². The average Bonchev–Trinajstić information content (AvgIpc) is 2.44. The molecule has 3 rings (SSSR count). The van der Waals surface area contributed by atoms with Gasteiger partial charge in [0.25, 0.3) is 5.91 Å². The monoisotopic (exact) mass is 256 g/mol. The molecule has 2 aromatic carbocycles. The Balaban J connectivity index is 2.07. The Labute approximate surface area is 110 Å². The van der Waals surface area contributed by atoms with Crippen molar-refractivity contribution in [2.75, 3.05) is 12.4 Å². The van der Waals surface area contributed by atoms with Crippen LogP contribution in [-0.4, -0.2) is 17.9 Å². The first-order valence-corrected chi connectivity index (χ1v) is 6.05. The second kappa shape index (κ2) is 4.39. The molecule has 1 unspecified atom stereocenters. The van der Waals surface area contributed by atoms with E-state index in [0.717, 1.165) is 5.69 Å². The standard InChI is InChI=1S/C15H13FN2O/c1-18-14(10-6-2-4-8-12(10)16)17-13-9-5-3-7-11(13)15(18)19/h2-9,14,17H,1H3. The van der Waals surface area contributed by atoms with Crippen molar-refractivity contribution in [3.63, 3.8) is 0 Å². The van der Waals surface area contributed by atoms with Gasteiger partial charge in [0, 0.05) is 18.3 Å². The van der Waals surface area contributed by atoms with Gasteiger partial charge in [-0.3, -0.25) is 4.79 Å². The number of nitrogens with zero attached hydrogens (tertiary/aromatic N) is 1. The Morgan fingerprint density at radius 3 is 2.58 bits per heavy atom. The highest BCUT2D eigenvalue weighted by atomic mass is 19.1. The van der Waals surface area contributed by atoms with E-state index in [9.17, 15) is 9.18 Å². The lowest BCUT2D eigenvalue weighted by molar-refractivity contribution is 0.0733. The van der Waals surface area contributed by atoms with Gasteiger partial charge in [-0.25, -0.2) is 4.39 Å². The molecule has 19 heavy (non-hydrogen) atoms. The van der Waals surface area contributed by atoms with Gasteiger partial charge in [-0.1, -0.05) is 30.3 Å². The zero-order valence-electron chi connectivity index (χ0n) is 10.4. The summed E-state index contributed by atoms with van der Waals surface area (Å²) in [6.45, 7) is 0. The number of amides is 1. The fourth-order valence-corrected chi connectivity index (χ4v) is 2.33. The molecule has 0 saturated heterocycles. The van der Waals surface area contributed by atoms with Crippen LogP contribution < -0.4 is 5.32 Å². The molecule has 96 valence electrons. The highest BCUT2D eigenvalue weighted by Gasteiger charge is 2.31. The second-order valence-corrected chi connectivity index (χ2v) is 4.53. The van der Waals surface area contributed by atoms with Crippen LogP contribution >= 0.6 is 0 Å². The van der Waals surface area contributed by atoms with E-state index < -0.39 is 6.17 Å². The highest BCUT2D eigenvalue weighted by molar-refractivity contribution is 6.01. The van der Waals surface area contributed by atoms with Gasteiger partial charge >= 0.3 is 0 Å². The molecular formula is C15H13FN2O. The molecule has 0 saturated carbocycles. The van der Waals surface area contributed by atoms with Gasteiger partial charge in [-0.15, -0.1) is 0 Å². The van der Waals surface area contributed by atoms with Crippen molar-refractivity contribution in [3.05, 3.63) is 65.5 Å². The number of carbonyl (C=O) groups is 1. The molecule has 4 heteroatoms. The molecule has 0 spiro atoms. The minimum absolute atomic E-state index is 0.109. The summed E-state index contributed by atoms with van der Waals surface area (Å²) in [5.41, 5.74) is 1.81. The van der Waals surface area contributed by atoms with Gasteiger partial charge in [-0.05, 0) is 18.2 Å². The van der Waals surface area contributed by atoms with Crippen LogP contribution in [0.15, 0.2) is 48.5 Å². The maximum absolute atomic E-state index is 13.9. The number of anilines is 1. The van der Waals surface area contributed by atoms with Crippen molar-refractivity contribution >= 4 is 11.6 Å². The molecule has 1 atom stereocenters. The minimum atomic E-state index is -0.483. The summed E-state index contributed by atoms with van der Waals surface area (Å²) in [4.78, 5) is 13.8. The van der Waals surface area contributed by atoms with E-state index in [-0.39, 0.29) is 11.7 Å². The number of fused-ring (bicyclic) bond motifs is 1. The zero-order chi connectivity index (χ0) is 13.4. The van der Waals surface area contributed by atoms with Crippen LogP contribution in [-0.2, 0) is 0 Å². The van der Waals surface area contributed by atoms with Gasteiger partial charge in [0.1, 0.15) is 12.0 Å². The van der Waals surface area contributed by atoms with Crippen molar-refractivity contribution in [2.45, 2.75) is 6.17 Å². The third kappa shape index (κ3) is 1.85. The smallest absolute Gasteiger partial charge is 0.257 e. The first-order chi connectivity index (χ1) is 9.18. The Hall–Kier alpha value is -2.36. The molecule has 0 aliphatic carbocycles. The minimum Gasteiger partial charge on any atom is -0.361 e. The van der Waals surface area contributed by atoms with Crippen molar-refractivity contribution < 1.29 is 9.18 Å². The van der Waals surface area contributed by atoms with Gasteiger partial charge in [-0.2, -0.15) is 0 Å². The molecule has 2 aromatic rings. The summed E-state index contributed by atoms with van der Waals surface area (Å²) in [6, 6.07) is 13.7. The van der Waals surface area contributed by atoms with E-state index in [1.54, 1.807) is 31.3 Å². The molecule has 0 fully saturated rings. The van der Waals surface area contributed by atoms with Gasteiger partial charge < -0.3 is 10.2 Å². The third-order valence-electron chi connectivity index (χ3n) is 3.36. The first kappa shape index (κ1) is 11.7. The van der Waals surface area contributed by atoms with Crippen LogP contribution in [0, 0.1) is 5.82 Å². The second-order valence-electron chi connectivity index (χ2n) is 4.53. The lowest BCUT2D eigenvalue weighted by Gasteiger charge is -2.35. The summed E-state index contributed by atoms with van der Waals surface area (Å²) >= 11 is 0. The molecule has 3 nitrogen and oxygen atoms in total. The Morgan fingerprint density at radius 2 is 1.79 bits per heavy atom. The van der Waals surface area contributed by atoms with Crippen molar-refractivity contribution in [2.24, 2.45) is 0 Å². The average molecular weight is 256 g/mol. The molecule has 0 aromatic heterocycles. The Kier molecular flexibility index (Phi) is 2.71. The maximum Gasteiger partial charge on any atom is 0.257 e. The van der Waals surface area contributed by atoms with Crippen LogP contribution in [0.3, 0.4) is 0 Å². The normalized spacial score (nSPS) is 17.9. The van der Waals surface area contributed by atoms with Crippen molar-refractivity contribution in [1.82, 2.24) is 4.90 Å². The Morgan fingerprint density at radius 1 is 1.11 bits per heavy atom. The van der Waals surface area contributed by atoms with Crippen molar-refractivity contribution in [1.29, 1.82) is 0 Å². The fraction of sp³-hybridized carbons (Fsp3) is 0.133.